The van der Waals surface area contributed by atoms with Gasteiger partial charge in [0.1, 0.15) is 5.75 Å². The van der Waals surface area contributed by atoms with Crippen LogP contribution < -0.4 is 15.5 Å². The highest BCUT2D eigenvalue weighted by molar-refractivity contribution is 6.01. The Labute approximate surface area is 146 Å². The predicted molar refractivity (Wildman–Crippen MR) is 94.3 cm³/mol. The van der Waals surface area contributed by atoms with E-state index in [-0.39, 0.29) is 18.2 Å². The van der Waals surface area contributed by atoms with Crippen molar-refractivity contribution in [3.63, 3.8) is 0 Å². The zero-order chi connectivity index (χ0) is 18.1. The van der Waals surface area contributed by atoms with Gasteiger partial charge in [0.15, 0.2) is 0 Å². The fraction of sp³-hybridized carbons (Fsp3) is 0.222. The van der Waals surface area contributed by atoms with E-state index in [4.69, 9.17) is 4.74 Å². The maximum atomic E-state index is 11.9. The highest BCUT2D eigenvalue weighted by Gasteiger charge is 2.06. The number of carbonyl (C=O) groups is 2. The molecule has 2 aromatic rings. The molecule has 0 aliphatic heterocycles. The summed E-state index contributed by atoms with van der Waals surface area (Å²) in [5.74, 6) is 0.223. The lowest BCUT2D eigenvalue weighted by molar-refractivity contribution is -0.120. The van der Waals surface area contributed by atoms with Crippen molar-refractivity contribution in [2.24, 2.45) is 5.10 Å². The Hall–Kier alpha value is -3.22. The van der Waals surface area contributed by atoms with Gasteiger partial charge in [-0.1, -0.05) is 12.1 Å². The van der Waals surface area contributed by atoms with Crippen LogP contribution >= 0.6 is 0 Å². The number of ether oxygens (including phenoxy) is 1. The zero-order valence-corrected chi connectivity index (χ0v) is 14.2. The summed E-state index contributed by atoms with van der Waals surface area (Å²) in [4.78, 5) is 27.6. The summed E-state index contributed by atoms with van der Waals surface area (Å²) in [5, 5.41) is 6.73. The minimum atomic E-state index is -0.369. The Morgan fingerprint density at radius 3 is 2.60 bits per heavy atom. The average Bonchev–Trinajstić information content (AvgIpc) is 2.65. The molecule has 1 heterocycles. The Morgan fingerprint density at radius 1 is 1.20 bits per heavy atom. The lowest BCUT2D eigenvalue weighted by Gasteiger charge is -2.06. The third kappa shape index (κ3) is 6.06. The van der Waals surface area contributed by atoms with Crippen LogP contribution in [0.5, 0.6) is 5.75 Å². The molecule has 0 saturated heterocycles. The van der Waals surface area contributed by atoms with Crippen LogP contribution in [0.15, 0.2) is 53.9 Å². The van der Waals surface area contributed by atoms with Gasteiger partial charge in [0.25, 0.3) is 5.91 Å². The lowest BCUT2D eigenvalue weighted by atomic mass is 10.2. The second-order valence-electron chi connectivity index (χ2n) is 5.33. The van der Waals surface area contributed by atoms with Gasteiger partial charge in [0, 0.05) is 24.7 Å². The molecule has 25 heavy (non-hydrogen) atoms. The summed E-state index contributed by atoms with van der Waals surface area (Å²) < 4.78 is 5.08. The van der Waals surface area contributed by atoms with E-state index in [1.54, 1.807) is 32.4 Å². The van der Waals surface area contributed by atoms with Crippen molar-refractivity contribution in [1.29, 1.82) is 0 Å². The molecule has 7 heteroatoms. The van der Waals surface area contributed by atoms with E-state index < -0.39 is 0 Å². The molecule has 1 aromatic carbocycles. The zero-order valence-electron chi connectivity index (χ0n) is 14.2. The lowest BCUT2D eigenvalue weighted by Crippen LogP contribution is -2.26. The first kappa shape index (κ1) is 18.1. The molecule has 0 spiro atoms. The molecule has 2 N–H and O–H groups in total. The number of methoxy groups -OCH3 is 1. The van der Waals surface area contributed by atoms with Gasteiger partial charge in [0.05, 0.1) is 19.1 Å². The van der Waals surface area contributed by atoms with E-state index in [1.807, 2.05) is 24.3 Å². The van der Waals surface area contributed by atoms with Crippen molar-refractivity contribution < 1.29 is 14.3 Å². The van der Waals surface area contributed by atoms with E-state index in [9.17, 15) is 9.59 Å². The van der Waals surface area contributed by atoms with Crippen molar-refractivity contribution in [3.8, 4) is 5.75 Å². The Bertz CT molecular complexity index is 743. The standard InChI is InChI=1S/C18H20N4O3/c1-13(21-22-18(24)15-4-3-9-19-12-15)10-17(23)20-11-14-5-7-16(25-2)8-6-14/h3-9,12H,10-11H2,1-2H3,(H,20,23)(H,22,24)/b21-13-. The van der Waals surface area contributed by atoms with Crippen LogP contribution in [0.3, 0.4) is 0 Å². The molecule has 0 aliphatic rings. The molecule has 2 rings (SSSR count). The molecule has 7 nitrogen and oxygen atoms in total. The molecule has 2 amide bonds. The highest BCUT2D eigenvalue weighted by Crippen LogP contribution is 2.10. The van der Waals surface area contributed by atoms with Gasteiger partial charge in [-0.3, -0.25) is 14.6 Å². The van der Waals surface area contributed by atoms with Gasteiger partial charge in [-0.25, -0.2) is 5.43 Å². The molecule has 0 fully saturated rings. The molecule has 0 bridgehead atoms. The van der Waals surface area contributed by atoms with Crippen LogP contribution in [0.2, 0.25) is 0 Å². The number of nitrogens with zero attached hydrogens (tertiary/aromatic N) is 2. The van der Waals surface area contributed by atoms with Crippen LogP contribution in [0.1, 0.15) is 29.3 Å². The molecule has 0 unspecified atom stereocenters. The summed E-state index contributed by atoms with van der Waals surface area (Å²) in [6.45, 7) is 2.09. The van der Waals surface area contributed by atoms with E-state index in [0.717, 1.165) is 11.3 Å². The van der Waals surface area contributed by atoms with Gasteiger partial charge in [-0.15, -0.1) is 0 Å². The Kier molecular flexibility index (Phi) is 6.65. The van der Waals surface area contributed by atoms with E-state index in [2.05, 4.69) is 20.8 Å². The van der Waals surface area contributed by atoms with Crippen LogP contribution in [0.4, 0.5) is 0 Å². The SMILES string of the molecule is COc1ccc(CNC(=O)C/C(C)=N\NC(=O)c2cccnc2)cc1. The number of rotatable bonds is 7. The number of benzene rings is 1. The quantitative estimate of drug-likeness (QED) is 0.595. The average molecular weight is 340 g/mol. The van der Waals surface area contributed by atoms with Crippen LogP contribution in [0.25, 0.3) is 0 Å². The molecule has 130 valence electrons. The fourth-order valence-corrected chi connectivity index (χ4v) is 1.99. The Balaban J connectivity index is 1.77. The second-order valence-corrected chi connectivity index (χ2v) is 5.33. The first-order valence-electron chi connectivity index (χ1n) is 7.71. The van der Waals surface area contributed by atoms with Gasteiger partial charge < -0.3 is 10.1 Å². The number of hydrazone groups is 1. The molecule has 0 atom stereocenters. The largest absolute Gasteiger partial charge is 0.497 e. The van der Waals surface area contributed by atoms with E-state index in [0.29, 0.717) is 17.8 Å². The number of pyridine rings is 1. The van der Waals surface area contributed by atoms with Crippen molar-refractivity contribution in [2.45, 2.75) is 19.9 Å². The summed E-state index contributed by atoms with van der Waals surface area (Å²) in [6, 6.07) is 10.7. The summed E-state index contributed by atoms with van der Waals surface area (Å²) in [7, 11) is 1.60. The molecule has 1 aromatic heterocycles. The van der Waals surface area contributed by atoms with Crippen molar-refractivity contribution >= 4 is 17.5 Å². The topological polar surface area (TPSA) is 92.7 Å². The summed E-state index contributed by atoms with van der Waals surface area (Å²) in [5.41, 5.74) is 4.28. The molecular weight excluding hydrogens is 320 g/mol. The first-order valence-corrected chi connectivity index (χ1v) is 7.71. The van der Waals surface area contributed by atoms with Gasteiger partial charge >= 0.3 is 0 Å². The Morgan fingerprint density at radius 2 is 1.96 bits per heavy atom. The number of nitrogens with one attached hydrogen (secondary N) is 2. The van der Waals surface area contributed by atoms with Crippen molar-refractivity contribution in [2.75, 3.05) is 7.11 Å². The van der Waals surface area contributed by atoms with Crippen LogP contribution in [-0.4, -0.2) is 29.6 Å². The van der Waals surface area contributed by atoms with E-state index in [1.165, 1.54) is 6.20 Å². The van der Waals surface area contributed by atoms with Gasteiger partial charge in [-0.05, 0) is 36.8 Å². The number of hydrogen-bond donors (Lipinski definition) is 2. The number of amides is 2. The molecule has 0 radical (unpaired) electrons. The molecule has 0 saturated carbocycles. The normalized spacial score (nSPS) is 10.9. The minimum Gasteiger partial charge on any atom is -0.497 e. The smallest absolute Gasteiger partial charge is 0.272 e. The van der Waals surface area contributed by atoms with Gasteiger partial charge in [-0.2, -0.15) is 5.10 Å². The molecular formula is C18H20N4O3. The number of hydrogen-bond acceptors (Lipinski definition) is 5. The summed E-state index contributed by atoms with van der Waals surface area (Å²) in [6.07, 6.45) is 3.13. The first-order chi connectivity index (χ1) is 12.1. The third-order valence-corrected chi connectivity index (χ3v) is 3.34. The van der Waals surface area contributed by atoms with Gasteiger partial charge in [0.2, 0.25) is 5.91 Å². The van der Waals surface area contributed by atoms with Crippen molar-refractivity contribution in [1.82, 2.24) is 15.7 Å². The predicted octanol–water partition coefficient (Wildman–Crippen LogP) is 1.90. The summed E-state index contributed by atoms with van der Waals surface area (Å²) >= 11 is 0. The van der Waals surface area contributed by atoms with Crippen molar-refractivity contribution in [3.05, 3.63) is 59.9 Å². The minimum absolute atomic E-state index is 0.101. The number of aromatic nitrogens is 1. The van der Waals surface area contributed by atoms with Crippen LogP contribution in [0, 0.1) is 0 Å². The molecule has 0 aliphatic carbocycles. The third-order valence-electron chi connectivity index (χ3n) is 3.34. The maximum absolute atomic E-state index is 11.9. The maximum Gasteiger partial charge on any atom is 0.272 e. The highest BCUT2D eigenvalue weighted by atomic mass is 16.5. The number of carbonyl (C=O) groups excluding carboxylic acids is 2. The van der Waals surface area contributed by atoms with E-state index >= 15 is 0 Å². The van der Waals surface area contributed by atoms with Crippen LogP contribution in [-0.2, 0) is 11.3 Å². The fourth-order valence-electron chi connectivity index (χ4n) is 1.99. The second kappa shape index (κ2) is 9.17. The monoisotopic (exact) mass is 340 g/mol.